The van der Waals surface area contributed by atoms with Crippen molar-refractivity contribution in [3.63, 3.8) is 0 Å². The molecule has 0 bridgehead atoms. The number of amides is 1. The van der Waals surface area contributed by atoms with Crippen molar-refractivity contribution in [1.82, 2.24) is 14.8 Å². The highest BCUT2D eigenvalue weighted by Crippen LogP contribution is 2.41. The fourth-order valence-electron chi connectivity index (χ4n) is 3.25. The Bertz CT molecular complexity index is 1130. The first-order valence-electron chi connectivity index (χ1n) is 8.89. The smallest absolute Gasteiger partial charge is 0.269 e. The molecule has 10 nitrogen and oxygen atoms in total. The number of halogens is 1. The molecule has 4 rings (SSSR count). The third kappa shape index (κ3) is 3.83. The van der Waals surface area contributed by atoms with E-state index in [1.165, 1.54) is 25.6 Å². The van der Waals surface area contributed by atoms with E-state index in [1.807, 2.05) is 6.07 Å². The zero-order valence-corrected chi connectivity index (χ0v) is 17.3. The first-order valence-corrected chi connectivity index (χ1v) is 9.68. The molecule has 154 valence electrons. The number of carbonyl (C=O) groups is 1. The van der Waals surface area contributed by atoms with Crippen molar-refractivity contribution in [1.29, 1.82) is 0 Å². The number of carbonyl (C=O) groups excluding carboxylic acids is 1. The van der Waals surface area contributed by atoms with Gasteiger partial charge in [0.05, 0.1) is 29.0 Å². The van der Waals surface area contributed by atoms with Crippen LogP contribution >= 0.6 is 15.9 Å². The number of benzene rings is 2. The van der Waals surface area contributed by atoms with E-state index in [9.17, 15) is 14.9 Å². The van der Waals surface area contributed by atoms with Crippen LogP contribution in [0.4, 0.5) is 11.6 Å². The molecule has 11 heteroatoms. The number of fused-ring (bicyclic) bond motifs is 1. The van der Waals surface area contributed by atoms with Crippen molar-refractivity contribution in [2.75, 3.05) is 12.4 Å². The molecule has 0 saturated heterocycles. The third-order valence-electron chi connectivity index (χ3n) is 4.64. The molecular weight excluding hydrogens is 458 g/mol. The minimum Gasteiger partial charge on any atom is -0.493 e. The van der Waals surface area contributed by atoms with E-state index in [0.29, 0.717) is 27.5 Å². The summed E-state index contributed by atoms with van der Waals surface area (Å²) in [5.74, 6) is 1.14. The maximum Gasteiger partial charge on any atom is 0.269 e. The van der Waals surface area contributed by atoms with E-state index in [1.54, 1.807) is 22.9 Å². The number of ether oxygens (including phenoxy) is 2. The number of nitrogens with zero attached hydrogens (tertiary/aromatic N) is 4. The molecule has 1 atom stereocenters. The largest absolute Gasteiger partial charge is 0.493 e. The van der Waals surface area contributed by atoms with Gasteiger partial charge in [0.15, 0.2) is 11.5 Å². The lowest BCUT2D eigenvalue weighted by atomic mass is 10.0. The Labute approximate surface area is 179 Å². The SMILES string of the molecule is COc1cc([C@H]2CC(=O)Nc3ncnn32)cc(Br)c1OCc1cccc([N+](=O)[O-])c1. The summed E-state index contributed by atoms with van der Waals surface area (Å²) >= 11 is 3.50. The molecule has 2 aromatic carbocycles. The first-order chi connectivity index (χ1) is 14.5. The van der Waals surface area contributed by atoms with Gasteiger partial charge in [-0.1, -0.05) is 12.1 Å². The van der Waals surface area contributed by atoms with Crippen molar-refractivity contribution >= 4 is 33.5 Å². The standard InChI is InChI=1S/C19H16BrN5O5/c1-29-16-7-12(15-8-17(26)23-19-21-10-22-24(15)19)6-14(20)18(16)30-9-11-3-2-4-13(5-11)25(27)28/h2-7,10,15H,8-9H2,1H3,(H,21,22,23,26)/t15-/m1/s1. The Kier molecular flexibility index (Phi) is 5.36. The summed E-state index contributed by atoms with van der Waals surface area (Å²) in [5.41, 5.74) is 1.44. The lowest BCUT2D eigenvalue weighted by Gasteiger charge is -2.25. The molecule has 1 aliphatic rings. The van der Waals surface area contributed by atoms with Crippen molar-refractivity contribution in [2.45, 2.75) is 19.1 Å². The van der Waals surface area contributed by atoms with Crippen LogP contribution in [0, 0.1) is 10.1 Å². The third-order valence-corrected chi connectivity index (χ3v) is 5.23. The summed E-state index contributed by atoms with van der Waals surface area (Å²) < 4.78 is 13.6. The molecule has 1 aromatic heterocycles. The number of hydrogen-bond donors (Lipinski definition) is 1. The molecule has 1 amide bonds. The van der Waals surface area contributed by atoms with Crippen LogP contribution in [0.15, 0.2) is 47.2 Å². The van der Waals surface area contributed by atoms with E-state index < -0.39 is 4.92 Å². The van der Waals surface area contributed by atoms with Gasteiger partial charge in [0.2, 0.25) is 11.9 Å². The van der Waals surface area contributed by atoms with Gasteiger partial charge in [-0.25, -0.2) is 4.68 Å². The molecule has 0 unspecified atom stereocenters. The van der Waals surface area contributed by atoms with Gasteiger partial charge in [-0.2, -0.15) is 10.1 Å². The number of methoxy groups -OCH3 is 1. The minimum absolute atomic E-state index is 0.00306. The van der Waals surface area contributed by atoms with Gasteiger partial charge >= 0.3 is 0 Å². The molecule has 3 aromatic rings. The summed E-state index contributed by atoms with van der Waals surface area (Å²) in [6, 6.07) is 9.51. The molecule has 30 heavy (non-hydrogen) atoms. The number of rotatable bonds is 6. The maximum atomic E-state index is 12.0. The summed E-state index contributed by atoms with van der Waals surface area (Å²) in [4.78, 5) is 26.6. The second kappa shape index (κ2) is 8.11. The van der Waals surface area contributed by atoms with Crippen molar-refractivity contribution < 1.29 is 19.2 Å². The average Bonchev–Trinajstić information content (AvgIpc) is 3.20. The van der Waals surface area contributed by atoms with Crippen LogP contribution in [0.1, 0.15) is 23.6 Å². The lowest BCUT2D eigenvalue weighted by Crippen LogP contribution is -2.29. The van der Waals surface area contributed by atoms with Gasteiger partial charge < -0.3 is 9.47 Å². The molecule has 0 radical (unpaired) electrons. The van der Waals surface area contributed by atoms with E-state index in [0.717, 1.165) is 5.56 Å². The van der Waals surface area contributed by atoms with E-state index in [2.05, 4.69) is 31.3 Å². The Hall–Kier alpha value is -3.47. The second-order valence-corrected chi connectivity index (χ2v) is 7.40. The van der Waals surface area contributed by atoms with Crippen molar-refractivity contribution in [3.05, 3.63) is 68.4 Å². The normalized spacial score (nSPS) is 15.3. The summed E-state index contributed by atoms with van der Waals surface area (Å²) in [6.45, 7) is 0.120. The van der Waals surface area contributed by atoms with Crippen LogP contribution in [0.5, 0.6) is 11.5 Å². The van der Waals surface area contributed by atoms with Gasteiger partial charge in [0.1, 0.15) is 12.9 Å². The molecule has 0 spiro atoms. The van der Waals surface area contributed by atoms with Gasteiger partial charge in [0.25, 0.3) is 5.69 Å². The fourth-order valence-corrected chi connectivity index (χ4v) is 3.83. The van der Waals surface area contributed by atoms with Crippen LogP contribution in [0.3, 0.4) is 0 Å². The number of anilines is 1. The summed E-state index contributed by atoms with van der Waals surface area (Å²) in [6.07, 6.45) is 1.59. The minimum atomic E-state index is -0.451. The van der Waals surface area contributed by atoms with E-state index in [-0.39, 0.29) is 30.7 Å². The number of nitro groups is 1. The zero-order valence-electron chi connectivity index (χ0n) is 15.7. The van der Waals surface area contributed by atoms with Crippen LogP contribution in [-0.4, -0.2) is 32.7 Å². The molecule has 0 saturated carbocycles. The van der Waals surface area contributed by atoms with E-state index in [4.69, 9.17) is 9.47 Å². The zero-order chi connectivity index (χ0) is 21.3. The molecule has 0 fully saturated rings. The maximum absolute atomic E-state index is 12.0. The van der Waals surface area contributed by atoms with Crippen molar-refractivity contribution in [2.24, 2.45) is 0 Å². The van der Waals surface area contributed by atoms with Crippen LogP contribution in [0.25, 0.3) is 0 Å². The van der Waals surface area contributed by atoms with Gasteiger partial charge in [0, 0.05) is 12.1 Å². The van der Waals surface area contributed by atoms with Crippen LogP contribution < -0.4 is 14.8 Å². The number of aromatic nitrogens is 3. The Balaban J connectivity index is 1.62. The molecule has 2 heterocycles. The number of non-ortho nitro benzene ring substituents is 1. The highest BCUT2D eigenvalue weighted by Gasteiger charge is 2.29. The average molecular weight is 474 g/mol. The first kappa shape index (κ1) is 19.8. The Morgan fingerprint density at radius 3 is 2.97 bits per heavy atom. The fraction of sp³-hybridized carbons (Fsp3) is 0.211. The quantitative estimate of drug-likeness (QED) is 0.429. The highest BCUT2D eigenvalue weighted by atomic mass is 79.9. The summed E-state index contributed by atoms with van der Waals surface area (Å²) in [7, 11) is 1.51. The van der Waals surface area contributed by atoms with E-state index >= 15 is 0 Å². The van der Waals surface area contributed by atoms with Gasteiger partial charge in [-0.3, -0.25) is 20.2 Å². The van der Waals surface area contributed by atoms with Gasteiger partial charge in [-0.15, -0.1) is 0 Å². The molecular formula is C19H16BrN5O5. The highest BCUT2D eigenvalue weighted by molar-refractivity contribution is 9.10. The van der Waals surface area contributed by atoms with Crippen LogP contribution in [-0.2, 0) is 11.4 Å². The Morgan fingerprint density at radius 1 is 1.37 bits per heavy atom. The predicted octanol–water partition coefficient (Wildman–Crippen LogP) is 3.47. The molecule has 1 aliphatic heterocycles. The van der Waals surface area contributed by atoms with Crippen molar-refractivity contribution in [3.8, 4) is 11.5 Å². The number of hydrogen-bond acceptors (Lipinski definition) is 7. The molecule has 0 aliphatic carbocycles. The number of nitrogens with one attached hydrogen (secondary N) is 1. The molecule has 1 N–H and O–H groups in total. The topological polar surface area (TPSA) is 121 Å². The predicted molar refractivity (Wildman–Crippen MR) is 110 cm³/mol. The lowest BCUT2D eigenvalue weighted by molar-refractivity contribution is -0.384. The number of nitro benzene ring substituents is 1. The second-order valence-electron chi connectivity index (χ2n) is 6.55. The summed E-state index contributed by atoms with van der Waals surface area (Å²) in [5, 5.41) is 17.8. The Morgan fingerprint density at radius 2 is 2.20 bits per heavy atom. The monoisotopic (exact) mass is 473 g/mol. The van der Waals surface area contributed by atoms with Gasteiger partial charge in [-0.05, 0) is 39.2 Å². The van der Waals surface area contributed by atoms with Crippen LogP contribution in [0.2, 0.25) is 0 Å².